The van der Waals surface area contributed by atoms with Crippen molar-refractivity contribution in [2.45, 2.75) is 38.6 Å². The highest BCUT2D eigenvalue weighted by Gasteiger charge is 2.20. The first-order valence-electron chi connectivity index (χ1n) is 6.75. The molecule has 1 aromatic rings. The van der Waals surface area contributed by atoms with Crippen LogP contribution in [-0.4, -0.2) is 19.6 Å². The van der Waals surface area contributed by atoms with Crippen LogP contribution in [0.1, 0.15) is 31.2 Å². The van der Waals surface area contributed by atoms with Gasteiger partial charge in [0.2, 0.25) is 0 Å². The Hall–Kier alpha value is -1.02. The van der Waals surface area contributed by atoms with Crippen LogP contribution in [0, 0.1) is 12.8 Å². The van der Waals surface area contributed by atoms with Crippen molar-refractivity contribution in [1.29, 1.82) is 0 Å². The van der Waals surface area contributed by atoms with Crippen LogP contribution in [0.25, 0.3) is 0 Å². The standard InChI is InChI=1S/C15H24N2/c1-12-6-8-14(9-7-12)17-11-13-4-3-5-15(10-13)16-2/h6-9,13,15-17H,3-5,10-11H2,1-2H3. The summed E-state index contributed by atoms with van der Waals surface area (Å²) in [6.07, 6.45) is 5.40. The maximum Gasteiger partial charge on any atom is 0.0340 e. The second kappa shape index (κ2) is 6.06. The number of rotatable bonds is 4. The molecule has 1 saturated carbocycles. The van der Waals surface area contributed by atoms with Gasteiger partial charge in [-0.25, -0.2) is 0 Å². The van der Waals surface area contributed by atoms with Crippen LogP contribution in [-0.2, 0) is 0 Å². The number of hydrogen-bond donors (Lipinski definition) is 2. The molecule has 0 saturated heterocycles. The van der Waals surface area contributed by atoms with Crippen LogP contribution < -0.4 is 10.6 Å². The van der Waals surface area contributed by atoms with Crippen molar-refractivity contribution in [3.8, 4) is 0 Å². The van der Waals surface area contributed by atoms with Gasteiger partial charge in [0.05, 0.1) is 0 Å². The average Bonchev–Trinajstić information content (AvgIpc) is 2.38. The molecule has 0 aromatic heterocycles. The number of benzene rings is 1. The molecule has 2 atom stereocenters. The van der Waals surface area contributed by atoms with E-state index in [1.165, 1.54) is 36.9 Å². The molecule has 2 N–H and O–H groups in total. The summed E-state index contributed by atoms with van der Waals surface area (Å²) in [5.74, 6) is 0.822. The zero-order valence-electron chi connectivity index (χ0n) is 11.0. The van der Waals surface area contributed by atoms with Crippen molar-refractivity contribution in [1.82, 2.24) is 5.32 Å². The lowest BCUT2D eigenvalue weighted by molar-refractivity contribution is 0.306. The lowest BCUT2D eigenvalue weighted by atomic mass is 9.85. The van der Waals surface area contributed by atoms with Crippen molar-refractivity contribution in [3.05, 3.63) is 29.8 Å². The highest BCUT2D eigenvalue weighted by atomic mass is 14.9. The maximum absolute atomic E-state index is 3.56. The van der Waals surface area contributed by atoms with Crippen LogP contribution in [0.4, 0.5) is 5.69 Å². The van der Waals surface area contributed by atoms with Crippen LogP contribution in [0.3, 0.4) is 0 Å². The Morgan fingerprint density at radius 1 is 1.18 bits per heavy atom. The van der Waals surface area contributed by atoms with E-state index in [2.05, 4.69) is 48.9 Å². The molecule has 17 heavy (non-hydrogen) atoms. The van der Waals surface area contributed by atoms with Gasteiger partial charge in [-0.3, -0.25) is 0 Å². The van der Waals surface area contributed by atoms with Crippen LogP contribution in [0.2, 0.25) is 0 Å². The van der Waals surface area contributed by atoms with Gasteiger partial charge in [0.25, 0.3) is 0 Å². The predicted octanol–water partition coefficient (Wildman–Crippen LogP) is 3.19. The van der Waals surface area contributed by atoms with Gasteiger partial charge in [-0.2, -0.15) is 0 Å². The summed E-state index contributed by atoms with van der Waals surface area (Å²) in [4.78, 5) is 0. The molecule has 1 aliphatic carbocycles. The summed E-state index contributed by atoms with van der Waals surface area (Å²) in [6.45, 7) is 3.24. The van der Waals surface area contributed by atoms with Gasteiger partial charge < -0.3 is 10.6 Å². The van der Waals surface area contributed by atoms with Gasteiger partial charge in [0.15, 0.2) is 0 Å². The first-order valence-corrected chi connectivity index (χ1v) is 6.75. The fourth-order valence-electron chi connectivity index (χ4n) is 2.67. The number of nitrogens with one attached hydrogen (secondary N) is 2. The summed E-state index contributed by atoms with van der Waals surface area (Å²) in [5, 5.41) is 6.97. The molecular formula is C15H24N2. The SMILES string of the molecule is CNC1CCCC(CNc2ccc(C)cc2)C1. The van der Waals surface area contributed by atoms with E-state index in [-0.39, 0.29) is 0 Å². The van der Waals surface area contributed by atoms with E-state index in [4.69, 9.17) is 0 Å². The van der Waals surface area contributed by atoms with E-state index in [1.807, 2.05) is 0 Å². The normalized spacial score (nSPS) is 24.6. The Morgan fingerprint density at radius 2 is 1.94 bits per heavy atom. The van der Waals surface area contributed by atoms with E-state index in [0.717, 1.165) is 18.5 Å². The van der Waals surface area contributed by atoms with Gasteiger partial charge in [-0.15, -0.1) is 0 Å². The number of anilines is 1. The molecular weight excluding hydrogens is 208 g/mol. The minimum Gasteiger partial charge on any atom is -0.385 e. The highest BCUT2D eigenvalue weighted by Crippen LogP contribution is 2.24. The zero-order chi connectivity index (χ0) is 12.1. The minimum absolute atomic E-state index is 0.730. The smallest absolute Gasteiger partial charge is 0.0340 e. The van der Waals surface area contributed by atoms with Gasteiger partial charge in [0, 0.05) is 18.3 Å². The highest BCUT2D eigenvalue weighted by molar-refractivity contribution is 5.44. The molecule has 0 radical (unpaired) electrons. The summed E-state index contributed by atoms with van der Waals surface area (Å²) in [6, 6.07) is 9.41. The summed E-state index contributed by atoms with van der Waals surface area (Å²) in [5.41, 5.74) is 2.57. The van der Waals surface area contributed by atoms with Crippen molar-refractivity contribution >= 4 is 5.69 Å². The van der Waals surface area contributed by atoms with E-state index in [1.54, 1.807) is 0 Å². The minimum atomic E-state index is 0.730. The molecule has 2 unspecified atom stereocenters. The Balaban J connectivity index is 1.79. The van der Waals surface area contributed by atoms with Crippen molar-refractivity contribution < 1.29 is 0 Å². The van der Waals surface area contributed by atoms with E-state index in [9.17, 15) is 0 Å². The molecule has 2 rings (SSSR count). The van der Waals surface area contributed by atoms with Crippen molar-refractivity contribution in [2.24, 2.45) is 5.92 Å². The Kier molecular flexibility index (Phi) is 4.43. The average molecular weight is 232 g/mol. The second-order valence-corrected chi connectivity index (χ2v) is 5.27. The fraction of sp³-hybridized carbons (Fsp3) is 0.600. The second-order valence-electron chi connectivity index (χ2n) is 5.27. The van der Waals surface area contributed by atoms with Crippen LogP contribution in [0.15, 0.2) is 24.3 Å². The van der Waals surface area contributed by atoms with Gasteiger partial charge in [-0.05, 0) is 51.3 Å². The van der Waals surface area contributed by atoms with Gasteiger partial charge in [0.1, 0.15) is 0 Å². The molecule has 1 aliphatic rings. The third kappa shape index (κ3) is 3.74. The molecule has 0 amide bonds. The third-order valence-electron chi connectivity index (χ3n) is 3.84. The van der Waals surface area contributed by atoms with E-state index in [0.29, 0.717) is 0 Å². The van der Waals surface area contributed by atoms with E-state index < -0.39 is 0 Å². The van der Waals surface area contributed by atoms with Crippen LogP contribution in [0.5, 0.6) is 0 Å². The molecule has 0 bridgehead atoms. The Bertz CT molecular complexity index is 331. The molecule has 94 valence electrons. The van der Waals surface area contributed by atoms with Gasteiger partial charge in [-0.1, -0.05) is 24.1 Å². The molecule has 0 heterocycles. The quantitative estimate of drug-likeness (QED) is 0.833. The number of hydrogen-bond acceptors (Lipinski definition) is 2. The topological polar surface area (TPSA) is 24.1 Å². The summed E-state index contributed by atoms with van der Waals surface area (Å²) in [7, 11) is 2.08. The van der Waals surface area contributed by atoms with E-state index >= 15 is 0 Å². The lowest BCUT2D eigenvalue weighted by Crippen LogP contribution is -2.33. The molecule has 0 aliphatic heterocycles. The molecule has 2 heteroatoms. The molecule has 0 spiro atoms. The third-order valence-corrected chi connectivity index (χ3v) is 3.84. The fourth-order valence-corrected chi connectivity index (χ4v) is 2.67. The summed E-state index contributed by atoms with van der Waals surface area (Å²) >= 11 is 0. The first-order chi connectivity index (χ1) is 8.28. The van der Waals surface area contributed by atoms with Crippen molar-refractivity contribution in [2.75, 3.05) is 18.9 Å². The van der Waals surface area contributed by atoms with Gasteiger partial charge >= 0.3 is 0 Å². The Labute approximate surface area is 105 Å². The molecule has 2 nitrogen and oxygen atoms in total. The zero-order valence-corrected chi connectivity index (χ0v) is 11.0. The Morgan fingerprint density at radius 3 is 2.65 bits per heavy atom. The molecule has 1 aromatic carbocycles. The van der Waals surface area contributed by atoms with Crippen LogP contribution >= 0.6 is 0 Å². The largest absolute Gasteiger partial charge is 0.385 e. The lowest BCUT2D eigenvalue weighted by Gasteiger charge is -2.29. The first kappa shape index (κ1) is 12.4. The maximum atomic E-state index is 3.56. The summed E-state index contributed by atoms with van der Waals surface area (Å²) < 4.78 is 0. The predicted molar refractivity (Wildman–Crippen MR) is 74.5 cm³/mol. The van der Waals surface area contributed by atoms with Crippen molar-refractivity contribution in [3.63, 3.8) is 0 Å². The molecule has 1 fully saturated rings. The number of aryl methyl sites for hydroxylation is 1. The monoisotopic (exact) mass is 232 g/mol.